The van der Waals surface area contributed by atoms with Crippen molar-refractivity contribution in [2.45, 2.75) is 46.5 Å². The van der Waals surface area contributed by atoms with Gasteiger partial charge in [-0.2, -0.15) is 0 Å². The molecule has 1 nitrogen and oxygen atoms in total. The number of hydrogen-bond acceptors (Lipinski definition) is 1. The summed E-state index contributed by atoms with van der Waals surface area (Å²) in [4.78, 5) is 11.8. The van der Waals surface area contributed by atoms with Gasteiger partial charge in [0.25, 0.3) is 0 Å². The van der Waals surface area contributed by atoms with E-state index in [1.165, 1.54) is 18.4 Å². The second kappa shape index (κ2) is 2.46. The van der Waals surface area contributed by atoms with Gasteiger partial charge in [-0.05, 0) is 25.2 Å². The number of allylic oxidation sites excluding steroid dienone is 2. The Balaban J connectivity index is 2.43. The van der Waals surface area contributed by atoms with Gasteiger partial charge in [0.1, 0.15) is 5.78 Å². The SMILES string of the molecule is CC1(C)CCCC2(C)C(=O)CC=C12. The maximum atomic E-state index is 11.8. The molecule has 2 aliphatic rings. The molecule has 1 saturated carbocycles. The lowest BCUT2D eigenvalue weighted by atomic mass is 9.61. The Bertz CT molecular complexity index is 285. The Morgan fingerprint density at radius 2 is 1.92 bits per heavy atom. The third-order valence-electron chi connectivity index (χ3n) is 3.91. The van der Waals surface area contributed by atoms with Crippen molar-refractivity contribution in [2.75, 3.05) is 0 Å². The van der Waals surface area contributed by atoms with Crippen LogP contribution in [0.3, 0.4) is 0 Å². The van der Waals surface area contributed by atoms with Crippen molar-refractivity contribution in [1.82, 2.24) is 0 Å². The number of carbonyl (C=O) groups excluding carboxylic acids is 1. The summed E-state index contributed by atoms with van der Waals surface area (Å²) >= 11 is 0. The van der Waals surface area contributed by atoms with Crippen molar-refractivity contribution < 1.29 is 4.79 Å². The number of fused-ring (bicyclic) bond motifs is 1. The molecule has 0 bridgehead atoms. The van der Waals surface area contributed by atoms with Crippen LogP contribution in [-0.2, 0) is 4.79 Å². The van der Waals surface area contributed by atoms with Crippen molar-refractivity contribution >= 4 is 5.78 Å². The van der Waals surface area contributed by atoms with Crippen molar-refractivity contribution in [1.29, 1.82) is 0 Å². The minimum absolute atomic E-state index is 0.0955. The smallest absolute Gasteiger partial charge is 0.146 e. The standard InChI is InChI=1S/C12H18O/c1-11(2)7-4-8-12(3)9(11)5-6-10(12)13/h5H,4,6-8H2,1-3H3. The average molecular weight is 178 g/mol. The molecule has 2 rings (SSSR count). The Morgan fingerprint density at radius 1 is 1.23 bits per heavy atom. The molecule has 0 N–H and O–H groups in total. The second-order valence-electron chi connectivity index (χ2n) is 5.31. The van der Waals surface area contributed by atoms with E-state index in [9.17, 15) is 4.79 Å². The van der Waals surface area contributed by atoms with E-state index in [0.29, 0.717) is 12.2 Å². The van der Waals surface area contributed by atoms with Crippen LogP contribution in [-0.4, -0.2) is 5.78 Å². The van der Waals surface area contributed by atoms with E-state index in [2.05, 4.69) is 26.8 Å². The molecule has 0 radical (unpaired) electrons. The van der Waals surface area contributed by atoms with Gasteiger partial charge in [0.2, 0.25) is 0 Å². The number of rotatable bonds is 0. The summed E-state index contributed by atoms with van der Waals surface area (Å²) in [6.45, 7) is 6.68. The van der Waals surface area contributed by atoms with Gasteiger partial charge >= 0.3 is 0 Å². The highest BCUT2D eigenvalue weighted by molar-refractivity contribution is 5.92. The van der Waals surface area contributed by atoms with Crippen LogP contribution in [0.1, 0.15) is 46.5 Å². The molecule has 0 spiro atoms. The maximum Gasteiger partial charge on any atom is 0.146 e. The number of Topliss-reactive ketones (excluding diaryl/α,β-unsaturated/α-hetero) is 1. The first kappa shape index (κ1) is 8.98. The largest absolute Gasteiger partial charge is 0.298 e. The summed E-state index contributed by atoms with van der Waals surface area (Å²) in [6, 6.07) is 0. The molecule has 0 aromatic rings. The van der Waals surface area contributed by atoms with E-state index >= 15 is 0 Å². The molecule has 72 valence electrons. The van der Waals surface area contributed by atoms with Crippen LogP contribution in [0.15, 0.2) is 11.6 Å². The zero-order valence-electron chi connectivity index (χ0n) is 8.81. The molecule has 1 fully saturated rings. The number of ketones is 1. The van der Waals surface area contributed by atoms with E-state index in [1.54, 1.807) is 0 Å². The van der Waals surface area contributed by atoms with Crippen LogP contribution in [0.5, 0.6) is 0 Å². The molecular formula is C12H18O. The van der Waals surface area contributed by atoms with E-state index in [-0.39, 0.29) is 10.8 Å². The molecule has 0 aromatic carbocycles. The molecule has 1 atom stereocenters. The molecule has 0 aliphatic heterocycles. The fourth-order valence-corrected chi connectivity index (χ4v) is 3.11. The summed E-state index contributed by atoms with van der Waals surface area (Å²) in [7, 11) is 0. The zero-order valence-corrected chi connectivity index (χ0v) is 8.81. The fourth-order valence-electron chi connectivity index (χ4n) is 3.11. The highest BCUT2D eigenvalue weighted by Crippen LogP contribution is 2.54. The molecular weight excluding hydrogens is 160 g/mol. The summed E-state index contributed by atoms with van der Waals surface area (Å²) in [5, 5.41) is 0. The van der Waals surface area contributed by atoms with Gasteiger partial charge in [0, 0.05) is 11.8 Å². The normalized spacial score (nSPS) is 37.2. The van der Waals surface area contributed by atoms with E-state index in [1.807, 2.05) is 0 Å². The lowest BCUT2D eigenvalue weighted by Gasteiger charge is -2.42. The molecule has 1 heteroatoms. The van der Waals surface area contributed by atoms with Crippen LogP contribution in [0.4, 0.5) is 0 Å². The van der Waals surface area contributed by atoms with Crippen LogP contribution < -0.4 is 0 Å². The molecule has 2 aliphatic carbocycles. The topological polar surface area (TPSA) is 17.1 Å². The van der Waals surface area contributed by atoms with Crippen LogP contribution in [0.2, 0.25) is 0 Å². The highest BCUT2D eigenvalue weighted by Gasteiger charge is 2.48. The first-order valence-electron chi connectivity index (χ1n) is 5.21. The van der Waals surface area contributed by atoms with Crippen molar-refractivity contribution in [3.8, 4) is 0 Å². The lowest BCUT2D eigenvalue weighted by molar-refractivity contribution is -0.125. The Kier molecular flexibility index (Phi) is 1.70. The van der Waals surface area contributed by atoms with Crippen molar-refractivity contribution in [3.05, 3.63) is 11.6 Å². The van der Waals surface area contributed by atoms with Gasteiger partial charge in [-0.15, -0.1) is 0 Å². The average Bonchev–Trinajstić information content (AvgIpc) is 2.29. The van der Waals surface area contributed by atoms with Crippen LogP contribution in [0, 0.1) is 10.8 Å². The van der Waals surface area contributed by atoms with Crippen LogP contribution in [0.25, 0.3) is 0 Å². The molecule has 0 heterocycles. The van der Waals surface area contributed by atoms with Gasteiger partial charge in [-0.3, -0.25) is 4.79 Å². The predicted octanol–water partition coefficient (Wildman–Crippen LogP) is 3.10. The van der Waals surface area contributed by atoms with E-state index in [4.69, 9.17) is 0 Å². The summed E-state index contributed by atoms with van der Waals surface area (Å²) in [5.41, 5.74) is 1.58. The lowest BCUT2D eigenvalue weighted by Crippen LogP contribution is -2.36. The first-order chi connectivity index (χ1) is 5.97. The van der Waals surface area contributed by atoms with Gasteiger partial charge in [-0.1, -0.05) is 31.9 Å². The summed E-state index contributed by atoms with van der Waals surface area (Å²) in [5.74, 6) is 0.440. The summed E-state index contributed by atoms with van der Waals surface area (Å²) in [6.07, 6.45) is 6.37. The molecule has 0 amide bonds. The third kappa shape index (κ3) is 1.09. The van der Waals surface area contributed by atoms with Crippen LogP contribution >= 0.6 is 0 Å². The molecule has 13 heavy (non-hydrogen) atoms. The molecule has 0 aromatic heterocycles. The number of hydrogen-bond donors (Lipinski definition) is 0. The fraction of sp³-hybridized carbons (Fsp3) is 0.750. The summed E-state index contributed by atoms with van der Waals surface area (Å²) < 4.78 is 0. The number of carbonyl (C=O) groups is 1. The van der Waals surface area contributed by atoms with E-state index < -0.39 is 0 Å². The quantitative estimate of drug-likeness (QED) is 0.521. The van der Waals surface area contributed by atoms with E-state index in [0.717, 1.165) is 6.42 Å². The highest BCUT2D eigenvalue weighted by atomic mass is 16.1. The molecule has 1 unspecified atom stereocenters. The third-order valence-corrected chi connectivity index (χ3v) is 3.91. The molecule has 0 saturated heterocycles. The first-order valence-corrected chi connectivity index (χ1v) is 5.21. The Hall–Kier alpha value is -0.590. The van der Waals surface area contributed by atoms with Gasteiger partial charge in [-0.25, -0.2) is 0 Å². The second-order valence-corrected chi connectivity index (χ2v) is 5.31. The monoisotopic (exact) mass is 178 g/mol. The minimum Gasteiger partial charge on any atom is -0.298 e. The van der Waals surface area contributed by atoms with Gasteiger partial charge in [0.15, 0.2) is 0 Å². The Morgan fingerprint density at radius 3 is 2.54 bits per heavy atom. The van der Waals surface area contributed by atoms with Gasteiger partial charge < -0.3 is 0 Å². The minimum atomic E-state index is -0.0955. The maximum absolute atomic E-state index is 11.8. The van der Waals surface area contributed by atoms with Crippen molar-refractivity contribution in [3.63, 3.8) is 0 Å². The zero-order chi connectivity index (χ0) is 9.69. The predicted molar refractivity (Wildman–Crippen MR) is 53.4 cm³/mol. The van der Waals surface area contributed by atoms with Crippen molar-refractivity contribution in [2.24, 2.45) is 10.8 Å². The van der Waals surface area contributed by atoms with Gasteiger partial charge in [0.05, 0.1) is 0 Å². The Labute approximate surface area is 80.2 Å².